The first-order valence-corrected chi connectivity index (χ1v) is 10.8. The molecule has 136 valence electrons. The van der Waals surface area contributed by atoms with Gasteiger partial charge in [0.1, 0.15) is 0 Å². The summed E-state index contributed by atoms with van der Waals surface area (Å²) < 4.78 is 12.2. The maximum atomic E-state index is 12.2. The quantitative estimate of drug-likeness (QED) is 0.372. The molecule has 0 amide bonds. The lowest BCUT2D eigenvalue weighted by Gasteiger charge is -2.29. The summed E-state index contributed by atoms with van der Waals surface area (Å²) in [6.07, 6.45) is 7.18. The lowest BCUT2D eigenvalue weighted by atomic mass is 9.95. The Hall–Kier alpha value is -0.280. The van der Waals surface area contributed by atoms with E-state index in [0.717, 1.165) is 16.1 Å². The summed E-state index contributed by atoms with van der Waals surface area (Å²) in [6, 6.07) is 10.1. The van der Waals surface area contributed by atoms with E-state index >= 15 is 0 Å². The SMILES string of the molecule is CN=C(NCCS(=O)c1ccccc1)NC1CCCC(SC)C1.I. The molecule has 1 aliphatic rings. The zero-order chi connectivity index (χ0) is 16.5. The number of guanidine groups is 1. The summed E-state index contributed by atoms with van der Waals surface area (Å²) in [5.74, 6) is 1.41. The van der Waals surface area contributed by atoms with Gasteiger partial charge in [0.15, 0.2) is 5.96 Å². The van der Waals surface area contributed by atoms with E-state index in [2.05, 4.69) is 21.9 Å². The summed E-state index contributed by atoms with van der Waals surface area (Å²) in [5, 5.41) is 7.55. The molecule has 0 spiro atoms. The van der Waals surface area contributed by atoms with Crippen LogP contribution in [0, 0.1) is 0 Å². The molecule has 1 aromatic carbocycles. The number of hydrogen-bond acceptors (Lipinski definition) is 3. The van der Waals surface area contributed by atoms with E-state index < -0.39 is 10.8 Å². The molecule has 2 N–H and O–H groups in total. The Morgan fingerprint density at radius 2 is 2.08 bits per heavy atom. The van der Waals surface area contributed by atoms with Gasteiger partial charge in [-0.2, -0.15) is 11.8 Å². The second kappa shape index (κ2) is 12.1. The van der Waals surface area contributed by atoms with Crippen LogP contribution in [0.25, 0.3) is 0 Å². The number of rotatable bonds is 6. The van der Waals surface area contributed by atoms with Crippen molar-refractivity contribution in [1.82, 2.24) is 10.6 Å². The third kappa shape index (κ3) is 7.31. The highest BCUT2D eigenvalue weighted by Crippen LogP contribution is 2.26. The van der Waals surface area contributed by atoms with Crippen molar-refractivity contribution in [3.05, 3.63) is 30.3 Å². The van der Waals surface area contributed by atoms with Gasteiger partial charge < -0.3 is 10.6 Å². The van der Waals surface area contributed by atoms with E-state index in [0.29, 0.717) is 18.3 Å². The van der Waals surface area contributed by atoms with Crippen LogP contribution in [0.3, 0.4) is 0 Å². The highest BCUT2D eigenvalue weighted by atomic mass is 127. The van der Waals surface area contributed by atoms with Gasteiger partial charge in [-0.05, 0) is 37.7 Å². The van der Waals surface area contributed by atoms with Gasteiger partial charge in [-0.25, -0.2) is 0 Å². The highest BCUT2D eigenvalue weighted by molar-refractivity contribution is 14.0. The van der Waals surface area contributed by atoms with Crippen molar-refractivity contribution < 1.29 is 4.21 Å². The molecule has 1 aromatic rings. The smallest absolute Gasteiger partial charge is 0.191 e. The molecule has 0 saturated heterocycles. The lowest BCUT2D eigenvalue weighted by Crippen LogP contribution is -2.46. The van der Waals surface area contributed by atoms with Gasteiger partial charge in [-0.3, -0.25) is 9.20 Å². The van der Waals surface area contributed by atoms with E-state index in [1.807, 2.05) is 42.1 Å². The topological polar surface area (TPSA) is 53.5 Å². The molecule has 1 aliphatic carbocycles. The number of halogens is 1. The van der Waals surface area contributed by atoms with Crippen molar-refractivity contribution in [2.24, 2.45) is 4.99 Å². The molecular weight excluding hydrogens is 453 g/mol. The van der Waals surface area contributed by atoms with E-state index in [9.17, 15) is 4.21 Å². The Kier molecular flexibility index (Phi) is 11.0. The standard InChI is InChI=1S/C17H27N3OS2.HI/c1-18-17(20-14-7-6-8-15(13-14)22-2)19-11-12-23(21)16-9-4-3-5-10-16;/h3-5,9-10,14-15H,6-8,11-13H2,1-2H3,(H2,18,19,20);1H. The van der Waals surface area contributed by atoms with Crippen molar-refractivity contribution in [3.63, 3.8) is 0 Å². The minimum Gasteiger partial charge on any atom is -0.355 e. The van der Waals surface area contributed by atoms with Gasteiger partial charge in [-0.15, -0.1) is 24.0 Å². The van der Waals surface area contributed by atoms with Crippen LogP contribution in [0.1, 0.15) is 25.7 Å². The molecule has 4 nitrogen and oxygen atoms in total. The molecule has 0 heterocycles. The Balaban J connectivity index is 0.00000288. The maximum Gasteiger partial charge on any atom is 0.191 e. The molecule has 24 heavy (non-hydrogen) atoms. The van der Waals surface area contributed by atoms with Crippen LogP contribution >= 0.6 is 35.7 Å². The maximum absolute atomic E-state index is 12.2. The van der Waals surface area contributed by atoms with Crippen LogP contribution < -0.4 is 10.6 Å². The molecule has 0 bridgehead atoms. The van der Waals surface area contributed by atoms with E-state index in [4.69, 9.17) is 0 Å². The third-order valence-corrected chi connectivity index (χ3v) is 6.58. The van der Waals surface area contributed by atoms with Crippen molar-refractivity contribution in [1.29, 1.82) is 0 Å². The Labute approximate surface area is 169 Å². The van der Waals surface area contributed by atoms with E-state index in [1.54, 1.807) is 7.05 Å². The molecule has 0 aromatic heterocycles. The Morgan fingerprint density at radius 1 is 1.33 bits per heavy atom. The third-order valence-electron chi connectivity index (χ3n) is 4.11. The Bertz CT molecular complexity index is 528. The Morgan fingerprint density at radius 3 is 2.75 bits per heavy atom. The number of nitrogens with one attached hydrogen (secondary N) is 2. The van der Waals surface area contributed by atoms with Crippen LogP contribution in [0.2, 0.25) is 0 Å². The number of aliphatic imine (C=N–C) groups is 1. The second-order valence-electron chi connectivity index (χ2n) is 5.73. The zero-order valence-electron chi connectivity index (χ0n) is 14.4. The molecule has 3 atom stereocenters. The predicted octanol–water partition coefficient (Wildman–Crippen LogP) is 3.25. The van der Waals surface area contributed by atoms with Gasteiger partial charge >= 0.3 is 0 Å². The fourth-order valence-electron chi connectivity index (χ4n) is 2.83. The van der Waals surface area contributed by atoms with Crippen LogP contribution in [0.5, 0.6) is 0 Å². The van der Waals surface area contributed by atoms with Gasteiger partial charge in [0, 0.05) is 35.5 Å². The van der Waals surface area contributed by atoms with Gasteiger partial charge in [0.2, 0.25) is 0 Å². The summed E-state index contributed by atoms with van der Waals surface area (Å²) in [5.41, 5.74) is 0. The van der Waals surface area contributed by atoms with Crippen molar-refractivity contribution in [2.75, 3.05) is 25.6 Å². The molecule has 0 radical (unpaired) electrons. The first-order valence-electron chi connectivity index (χ1n) is 8.16. The summed E-state index contributed by atoms with van der Waals surface area (Å²) in [4.78, 5) is 5.17. The lowest BCUT2D eigenvalue weighted by molar-refractivity contribution is 0.419. The first kappa shape index (κ1) is 21.8. The van der Waals surface area contributed by atoms with E-state index in [1.165, 1.54) is 25.7 Å². The van der Waals surface area contributed by atoms with Gasteiger partial charge in [0.25, 0.3) is 0 Å². The largest absolute Gasteiger partial charge is 0.355 e. The second-order valence-corrected chi connectivity index (χ2v) is 8.44. The van der Waals surface area contributed by atoms with Crippen molar-refractivity contribution in [2.45, 2.75) is 41.9 Å². The van der Waals surface area contributed by atoms with Gasteiger partial charge in [0.05, 0.1) is 10.8 Å². The summed E-state index contributed by atoms with van der Waals surface area (Å²) >= 11 is 1.96. The van der Waals surface area contributed by atoms with Crippen LogP contribution in [0.4, 0.5) is 0 Å². The number of nitrogens with zero attached hydrogens (tertiary/aromatic N) is 1. The first-order chi connectivity index (χ1) is 11.2. The predicted molar refractivity (Wildman–Crippen MR) is 117 cm³/mol. The number of hydrogen-bond donors (Lipinski definition) is 2. The van der Waals surface area contributed by atoms with E-state index in [-0.39, 0.29) is 24.0 Å². The van der Waals surface area contributed by atoms with Crippen molar-refractivity contribution >= 4 is 52.5 Å². The van der Waals surface area contributed by atoms with Gasteiger partial charge in [-0.1, -0.05) is 24.6 Å². The summed E-state index contributed by atoms with van der Waals surface area (Å²) in [7, 11) is 0.826. The molecular formula is C17H28IN3OS2. The molecule has 2 rings (SSSR count). The fourth-order valence-corrected chi connectivity index (χ4v) is 4.64. The molecule has 1 fully saturated rings. The van der Waals surface area contributed by atoms with Crippen LogP contribution in [-0.2, 0) is 10.8 Å². The molecule has 1 saturated carbocycles. The minimum absolute atomic E-state index is 0. The van der Waals surface area contributed by atoms with Crippen molar-refractivity contribution in [3.8, 4) is 0 Å². The normalized spacial score (nSPS) is 22.3. The minimum atomic E-state index is -0.964. The molecule has 7 heteroatoms. The molecule has 3 unspecified atom stereocenters. The summed E-state index contributed by atoms with van der Waals surface area (Å²) in [6.45, 7) is 0.653. The molecule has 0 aliphatic heterocycles. The average Bonchev–Trinajstić information content (AvgIpc) is 2.61. The zero-order valence-corrected chi connectivity index (χ0v) is 18.3. The number of thioether (sulfide) groups is 1. The fraction of sp³-hybridized carbons (Fsp3) is 0.588. The monoisotopic (exact) mass is 481 g/mol. The average molecular weight is 481 g/mol. The number of benzene rings is 1. The highest BCUT2D eigenvalue weighted by Gasteiger charge is 2.21. The van der Waals surface area contributed by atoms with Crippen LogP contribution in [0.15, 0.2) is 40.2 Å². The van der Waals surface area contributed by atoms with Crippen LogP contribution in [-0.4, -0.2) is 47.1 Å².